The van der Waals surface area contributed by atoms with Crippen molar-refractivity contribution in [3.05, 3.63) is 30.0 Å². The lowest BCUT2D eigenvalue weighted by Crippen LogP contribution is -2.39. The maximum absolute atomic E-state index is 12.0. The van der Waals surface area contributed by atoms with E-state index >= 15 is 0 Å². The third-order valence-electron chi connectivity index (χ3n) is 3.22. The van der Waals surface area contributed by atoms with Gasteiger partial charge >= 0.3 is 0 Å². The van der Waals surface area contributed by atoms with Crippen molar-refractivity contribution >= 4 is 16.8 Å². The van der Waals surface area contributed by atoms with Crippen LogP contribution in [0.15, 0.2) is 24.3 Å². The van der Waals surface area contributed by atoms with Gasteiger partial charge in [-0.25, -0.2) is 0 Å². The summed E-state index contributed by atoms with van der Waals surface area (Å²) in [5.41, 5.74) is 1.66. The normalized spacial score (nSPS) is 12.8. The van der Waals surface area contributed by atoms with Crippen LogP contribution in [0.4, 0.5) is 0 Å². The molecule has 0 radical (unpaired) electrons. The zero-order valence-electron chi connectivity index (χ0n) is 11.9. The van der Waals surface area contributed by atoms with Gasteiger partial charge in [0.1, 0.15) is 0 Å². The first-order chi connectivity index (χ1) is 9.60. The Balaban J connectivity index is 2.00. The number of amides is 1. The molecule has 1 atom stereocenters. The summed E-state index contributed by atoms with van der Waals surface area (Å²) in [5.74, 6) is 0.333. The summed E-state index contributed by atoms with van der Waals surface area (Å²) in [6, 6.07) is 7.50. The second kappa shape index (κ2) is 6.52. The Bertz CT molecular complexity index is 577. The van der Waals surface area contributed by atoms with Gasteiger partial charge in [-0.2, -0.15) is 5.10 Å². The molecule has 0 fully saturated rings. The van der Waals surface area contributed by atoms with Gasteiger partial charge in [0.15, 0.2) is 0 Å². The minimum absolute atomic E-state index is 0.0341. The molecule has 5 heteroatoms. The van der Waals surface area contributed by atoms with Crippen LogP contribution in [0.3, 0.4) is 0 Å². The molecule has 0 aliphatic rings. The highest BCUT2D eigenvalue weighted by Crippen LogP contribution is 2.15. The third kappa shape index (κ3) is 3.57. The molecule has 2 aromatic rings. The van der Waals surface area contributed by atoms with E-state index in [1.807, 2.05) is 24.3 Å². The van der Waals surface area contributed by atoms with Gasteiger partial charge in [-0.3, -0.25) is 9.89 Å². The number of aliphatic hydroxyl groups excluding tert-OH is 1. The lowest BCUT2D eigenvalue weighted by Gasteiger charge is -2.18. The van der Waals surface area contributed by atoms with Gasteiger partial charge in [0.2, 0.25) is 5.91 Å². The highest BCUT2D eigenvalue weighted by atomic mass is 16.3. The minimum Gasteiger partial charge on any atom is -0.394 e. The van der Waals surface area contributed by atoms with Gasteiger partial charge in [0.05, 0.1) is 30.3 Å². The van der Waals surface area contributed by atoms with Crippen molar-refractivity contribution in [2.45, 2.75) is 32.7 Å². The molecule has 3 N–H and O–H groups in total. The van der Waals surface area contributed by atoms with E-state index < -0.39 is 0 Å². The number of hydrogen-bond donors (Lipinski definition) is 3. The number of carbonyl (C=O) groups excluding carboxylic acids is 1. The quantitative estimate of drug-likeness (QED) is 0.749. The van der Waals surface area contributed by atoms with Crippen LogP contribution >= 0.6 is 0 Å². The van der Waals surface area contributed by atoms with Crippen molar-refractivity contribution in [3.63, 3.8) is 0 Å². The molecule has 20 heavy (non-hydrogen) atoms. The number of hydrogen-bond acceptors (Lipinski definition) is 3. The first kappa shape index (κ1) is 14.5. The summed E-state index contributed by atoms with van der Waals surface area (Å²) in [7, 11) is 0. The third-order valence-corrected chi connectivity index (χ3v) is 3.22. The summed E-state index contributed by atoms with van der Waals surface area (Å²) in [4.78, 5) is 12.0. The van der Waals surface area contributed by atoms with Crippen molar-refractivity contribution in [1.29, 1.82) is 0 Å². The van der Waals surface area contributed by atoms with Gasteiger partial charge in [0, 0.05) is 5.39 Å². The minimum atomic E-state index is -0.184. The fourth-order valence-corrected chi connectivity index (χ4v) is 2.34. The average Bonchev–Trinajstić information content (AvgIpc) is 2.81. The number of para-hydroxylation sites is 1. The van der Waals surface area contributed by atoms with Crippen LogP contribution in [-0.4, -0.2) is 33.9 Å². The van der Waals surface area contributed by atoms with Crippen LogP contribution in [0.1, 0.15) is 26.0 Å². The Hall–Kier alpha value is -1.88. The van der Waals surface area contributed by atoms with E-state index in [2.05, 4.69) is 29.4 Å². The molecule has 0 saturated heterocycles. The summed E-state index contributed by atoms with van der Waals surface area (Å²) in [6.45, 7) is 4.10. The van der Waals surface area contributed by atoms with Gasteiger partial charge in [-0.05, 0) is 18.4 Å². The molecular formula is C15H21N3O2. The number of benzene rings is 1. The maximum atomic E-state index is 12.0. The molecular weight excluding hydrogens is 254 g/mol. The second-order valence-corrected chi connectivity index (χ2v) is 5.47. The molecule has 0 aliphatic heterocycles. The lowest BCUT2D eigenvalue weighted by atomic mass is 10.0. The lowest BCUT2D eigenvalue weighted by molar-refractivity contribution is -0.121. The van der Waals surface area contributed by atoms with Crippen molar-refractivity contribution in [2.75, 3.05) is 6.61 Å². The van der Waals surface area contributed by atoms with Gasteiger partial charge < -0.3 is 10.4 Å². The van der Waals surface area contributed by atoms with E-state index in [1.165, 1.54) is 0 Å². The number of aliphatic hydroxyl groups is 1. The van der Waals surface area contributed by atoms with Crippen LogP contribution in [0.25, 0.3) is 10.9 Å². The predicted molar refractivity (Wildman–Crippen MR) is 78.3 cm³/mol. The van der Waals surface area contributed by atoms with Crippen molar-refractivity contribution in [2.24, 2.45) is 5.92 Å². The van der Waals surface area contributed by atoms with Gasteiger partial charge in [0.25, 0.3) is 0 Å². The SMILES string of the molecule is CC(C)CC(CO)NC(=O)Cc1[nH]nc2ccccc12. The monoisotopic (exact) mass is 275 g/mol. The van der Waals surface area contributed by atoms with Gasteiger partial charge in [-0.1, -0.05) is 32.0 Å². The molecule has 0 saturated carbocycles. The topological polar surface area (TPSA) is 78.0 Å². The van der Waals surface area contributed by atoms with Crippen LogP contribution in [-0.2, 0) is 11.2 Å². The molecule has 2 rings (SSSR count). The van der Waals surface area contributed by atoms with E-state index in [0.717, 1.165) is 23.0 Å². The first-order valence-electron chi connectivity index (χ1n) is 6.92. The van der Waals surface area contributed by atoms with Crippen LogP contribution in [0, 0.1) is 5.92 Å². The van der Waals surface area contributed by atoms with E-state index in [4.69, 9.17) is 0 Å². The molecule has 5 nitrogen and oxygen atoms in total. The van der Waals surface area contributed by atoms with Crippen molar-refractivity contribution < 1.29 is 9.90 Å². The molecule has 0 spiro atoms. The summed E-state index contributed by atoms with van der Waals surface area (Å²) in [5, 5.41) is 20.2. The number of nitrogens with one attached hydrogen (secondary N) is 2. The Morgan fingerprint density at radius 3 is 2.85 bits per heavy atom. The first-order valence-corrected chi connectivity index (χ1v) is 6.92. The Morgan fingerprint density at radius 2 is 2.15 bits per heavy atom. The van der Waals surface area contributed by atoms with Crippen molar-refractivity contribution in [3.8, 4) is 0 Å². The zero-order valence-corrected chi connectivity index (χ0v) is 11.9. The average molecular weight is 275 g/mol. The number of rotatable bonds is 6. The van der Waals surface area contributed by atoms with E-state index in [-0.39, 0.29) is 25.0 Å². The standard InChI is InChI=1S/C15H21N3O2/c1-10(2)7-11(9-19)16-15(20)8-14-12-5-3-4-6-13(12)17-18-14/h3-6,10-11,19H,7-9H2,1-2H3,(H,16,20)(H,17,18). The van der Waals surface area contributed by atoms with E-state index in [0.29, 0.717) is 5.92 Å². The fourth-order valence-electron chi connectivity index (χ4n) is 2.34. The zero-order chi connectivity index (χ0) is 14.5. The Morgan fingerprint density at radius 1 is 1.40 bits per heavy atom. The molecule has 0 aliphatic carbocycles. The number of carbonyl (C=O) groups is 1. The smallest absolute Gasteiger partial charge is 0.226 e. The van der Waals surface area contributed by atoms with Gasteiger partial charge in [-0.15, -0.1) is 0 Å². The second-order valence-electron chi connectivity index (χ2n) is 5.47. The molecule has 1 amide bonds. The van der Waals surface area contributed by atoms with E-state index in [1.54, 1.807) is 0 Å². The van der Waals surface area contributed by atoms with Crippen molar-refractivity contribution in [1.82, 2.24) is 15.5 Å². The maximum Gasteiger partial charge on any atom is 0.226 e. The highest BCUT2D eigenvalue weighted by molar-refractivity contribution is 5.87. The Kier molecular flexibility index (Phi) is 4.74. The molecule has 1 heterocycles. The number of H-pyrrole nitrogens is 1. The van der Waals surface area contributed by atoms with Crippen LogP contribution < -0.4 is 5.32 Å². The highest BCUT2D eigenvalue weighted by Gasteiger charge is 2.15. The number of aromatic amines is 1. The fraction of sp³-hybridized carbons (Fsp3) is 0.467. The molecule has 108 valence electrons. The van der Waals surface area contributed by atoms with Crippen LogP contribution in [0.2, 0.25) is 0 Å². The van der Waals surface area contributed by atoms with Crippen LogP contribution in [0.5, 0.6) is 0 Å². The number of fused-ring (bicyclic) bond motifs is 1. The Labute approximate surface area is 118 Å². The summed E-state index contributed by atoms with van der Waals surface area (Å²) >= 11 is 0. The molecule has 1 unspecified atom stereocenters. The number of nitrogens with zero attached hydrogens (tertiary/aromatic N) is 1. The largest absolute Gasteiger partial charge is 0.394 e. The summed E-state index contributed by atoms with van der Waals surface area (Å²) in [6.07, 6.45) is 1.01. The number of aromatic nitrogens is 2. The van der Waals surface area contributed by atoms with E-state index in [9.17, 15) is 9.90 Å². The predicted octanol–water partition coefficient (Wildman–Crippen LogP) is 1.63. The molecule has 1 aromatic carbocycles. The summed E-state index contributed by atoms with van der Waals surface area (Å²) < 4.78 is 0. The molecule has 0 bridgehead atoms. The molecule has 1 aromatic heterocycles.